The molecule has 2 aromatic rings. The highest BCUT2D eigenvalue weighted by atomic mass is 35.5. The molecule has 1 aromatic heterocycles. The quantitative estimate of drug-likeness (QED) is 0.784. The molecule has 0 saturated carbocycles. The number of hydrogen-bond donors (Lipinski definition) is 0. The largest absolute Gasteiger partial charge is 0.438 e. The third kappa shape index (κ3) is 3.67. The van der Waals surface area contributed by atoms with Gasteiger partial charge >= 0.3 is 0 Å². The van der Waals surface area contributed by atoms with Gasteiger partial charge in [-0.2, -0.15) is 5.10 Å². The van der Waals surface area contributed by atoms with Gasteiger partial charge in [0, 0.05) is 6.07 Å². The van der Waals surface area contributed by atoms with Gasteiger partial charge < -0.3 is 4.74 Å². The fourth-order valence-corrected chi connectivity index (χ4v) is 1.76. The molecule has 0 aliphatic carbocycles. The lowest BCUT2D eigenvalue weighted by Crippen LogP contribution is -2.10. The highest BCUT2D eigenvalue weighted by Crippen LogP contribution is 2.26. The smallest absolute Gasteiger partial charge is 0.238 e. The molecule has 2 rings (SSSR count). The van der Waals surface area contributed by atoms with E-state index in [1.54, 1.807) is 12.1 Å². The van der Waals surface area contributed by atoms with Gasteiger partial charge in [0.1, 0.15) is 5.75 Å². The Balaban J connectivity index is 2.10. The molecule has 19 heavy (non-hydrogen) atoms. The van der Waals surface area contributed by atoms with E-state index in [4.69, 9.17) is 16.3 Å². The summed E-state index contributed by atoms with van der Waals surface area (Å²) in [7, 11) is 0. The number of benzene rings is 1. The Morgan fingerprint density at radius 1 is 1.00 bits per heavy atom. The van der Waals surface area contributed by atoms with Gasteiger partial charge in [0.05, 0.1) is 11.6 Å². The monoisotopic (exact) mass is 276 g/mol. The highest BCUT2D eigenvalue weighted by molar-refractivity contribution is 6.16. The maximum atomic E-state index is 5.66. The number of nitrogens with zero attached hydrogens (tertiary/aromatic N) is 2. The molecule has 0 aliphatic rings. The second-order valence-corrected chi connectivity index (χ2v) is 5.64. The summed E-state index contributed by atoms with van der Waals surface area (Å²) >= 11 is 5.66. The van der Waals surface area contributed by atoms with Gasteiger partial charge in [-0.25, -0.2) is 0 Å². The third-order valence-corrected chi connectivity index (χ3v) is 3.05. The predicted octanol–water partition coefficient (Wildman–Crippen LogP) is 4.31. The minimum Gasteiger partial charge on any atom is -0.438 e. The average molecular weight is 277 g/mol. The zero-order chi connectivity index (χ0) is 13.9. The zero-order valence-corrected chi connectivity index (χ0v) is 12.1. The Hall–Kier alpha value is -1.61. The molecule has 0 fully saturated rings. The molecule has 0 radical (unpaired) electrons. The first kappa shape index (κ1) is 13.8. The van der Waals surface area contributed by atoms with Crippen molar-refractivity contribution in [3.63, 3.8) is 0 Å². The van der Waals surface area contributed by atoms with E-state index in [9.17, 15) is 0 Å². The molecule has 0 spiro atoms. The van der Waals surface area contributed by atoms with Crippen molar-refractivity contribution in [2.75, 3.05) is 0 Å². The summed E-state index contributed by atoms with van der Waals surface area (Å²) < 4.78 is 5.63. The summed E-state index contributed by atoms with van der Waals surface area (Å²) in [4.78, 5) is 0. The van der Waals surface area contributed by atoms with Crippen LogP contribution in [0, 0.1) is 0 Å². The van der Waals surface area contributed by atoms with Crippen molar-refractivity contribution in [1.29, 1.82) is 0 Å². The van der Waals surface area contributed by atoms with E-state index < -0.39 is 0 Å². The maximum absolute atomic E-state index is 5.66. The molecule has 1 heterocycles. The highest BCUT2D eigenvalue weighted by Gasteiger charge is 2.13. The minimum atomic E-state index is 0.139. The van der Waals surface area contributed by atoms with Crippen LogP contribution in [-0.4, -0.2) is 10.2 Å². The lowest BCUT2D eigenvalue weighted by molar-refractivity contribution is 0.453. The molecule has 0 N–H and O–H groups in total. The standard InChI is InChI=1S/C15H17ClN2O/c1-15(2,3)11-4-7-13(8-5-11)19-14-9-6-12(10-16)17-18-14/h4-9H,10H2,1-3H3. The van der Waals surface area contributed by atoms with Crippen LogP contribution >= 0.6 is 11.6 Å². The van der Waals surface area contributed by atoms with Crippen LogP contribution in [-0.2, 0) is 11.3 Å². The molecule has 0 aliphatic heterocycles. The summed E-state index contributed by atoms with van der Waals surface area (Å²) in [5.74, 6) is 1.58. The second-order valence-electron chi connectivity index (χ2n) is 5.37. The Bertz CT molecular complexity index is 530. The van der Waals surface area contributed by atoms with Crippen molar-refractivity contribution in [3.05, 3.63) is 47.7 Å². The van der Waals surface area contributed by atoms with Crippen molar-refractivity contribution < 1.29 is 4.74 Å². The van der Waals surface area contributed by atoms with Crippen LogP contribution in [0.25, 0.3) is 0 Å². The van der Waals surface area contributed by atoms with Crippen molar-refractivity contribution >= 4 is 11.6 Å². The van der Waals surface area contributed by atoms with Crippen LogP contribution in [0.4, 0.5) is 0 Å². The van der Waals surface area contributed by atoms with Crippen LogP contribution < -0.4 is 4.74 Å². The van der Waals surface area contributed by atoms with Gasteiger partial charge in [-0.3, -0.25) is 0 Å². The number of halogens is 1. The van der Waals surface area contributed by atoms with Crippen molar-refractivity contribution in [3.8, 4) is 11.6 Å². The molecular weight excluding hydrogens is 260 g/mol. The van der Waals surface area contributed by atoms with Gasteiger partial charge in [-0.05, 0) is 29.2 Å². The molecule has 1 aromatic carbocycles. The molecule has 100 valence electrons. The minimum absolute atomic E-state index is 0.139. The number of alkyl halides is 1. The van der Waals surface area contributed by atoms with Crippen molar-refractivity contribution in [1.82, 2.24) is 10.2 Å². The van der Waals surface area contributed by atoms with Crippen LogP contribution in [0.5, 0.6) is 11.6 Å². The number of hydrogen-bond acceptors (Lipinski definition) is 3. The van der Waals surface area contributed by atoms with Gasteiger partial charge in [0.15, 0.2) is 0 Å². The molecule has 4 heteroatoms. The number of aromatic nitrogens is 2. The number of rotatable bonds is 3. The molecule has 0 unspecified atom stereocenters. The summed E-state index contributed by atoms with van der Waals surface area (Å²) in [6.45, 7) is 6.54. The van der Waals surface area contributed by atoms with E-state index in [-0.39, 0.29) is 5.41 Å². The fourth-order valence-electron chi connectivity index (χ4n) is 1.62. The normalized spacial score (nSPS) is 11.4. The first-order valence-corrected chi connectivity index (χ1v) is 6.69. The summed E-state index contributed by atoms with van der Waals surface area (Å²) in [6.07, 6.45) is 0. The van der Waals surface area contributed by atoms with E-state index in [2.05, 4.69) is 43.1 Å². The number of ether oxygens (including phenoxy) is 1. The van der Waals surface area contributed by atoms with E-state index >= 15 is 0 Å². The van der Waals surface area contributed by atoms with E-state index in [1.165, 1.54) is 5.56 Å². The Labute approximate surface area is 118 Å². The van der Waals surface area contributed by atoms with Gasteiger partial charge in [0.2, 0.25) is 5.88 Å². The van der Waals surface area contributed by atoms with Crippen molar-refractivity contribution in [2.24, 2.45) is 0 Å². The van der Waals surface area contributed by atoms with Crippen LogP contribution in [0.1, 0.15) is 32.0 Å². The summed E-state index contributed by atoms with van der Waals surface area (Å²) in [6, 6.07) is 11.6. The third-order valence-electron chi connectivity index (χ3n) is 2.77. The van der Waals surface area contributed by atoms with E-state index in [0.29, 0.717) is 11.8 Å². The fraction of sp³-hybridized carbons (Fsp3) is 0.333. The summed E-state index contributed by atoms with van der Waals surface area (Å²) in [5, 5.41) is 7.90. The lowest BCUT2D eigenvalue weighted by Gasteiger charge is -2.19. The Morgan fingerprint density at radius 2 is 1.68 bits per heavy atom. The van der Waals surface area contributed by atoms with Crippen molar-refractivity contribution in [2.45, 2.75) is 32.1 Å². The topological polar surface area (TPSA) is 35.0 Å². The molecule has 0 bridgehead atoms. The zero-order valence-electron chi connectivity index (χ0n) is 11.4. The molecule has 3 nitrogen and oxygen atoms in total. The van der Waals surface area contributed by atoms with Gasteiger partial charge in [-0.1, -0.05) is 32.9 Å². The van der Waals surface area contributed by atoms with E-state index in [0.717, 1.165) is 11.4 Å². The van der Waals surface area contributed by atoms with Crippen LogP contribution in [0.15, 0.2) is 36.4 Å². The molecule has 0 saturated heterocycles. The lowest BCUT2D eigenvalue weighted by atomic mass is 9.87. The maximum Gasteiger partial charge on any atom is 0.238 e. The SMILES string of the molecule is CC(C)(C)c1ccc(Oc2ccc(CCl)nn2)cc1. The molecule has 0 amide bonds. The van der Waals surface area contributed by atoms with Gasteiger partial charge in [0.25, 0.3) is 0 Å². The van der Waals surface area contributed by atoms with Gasteiger partial charge in [-0.15, -0.1) is 16.7 Å². The van der Waals surface area contributed by atoms with Crippen LogP contribution in [0.3, 0.4) is 0 Å². The summed E-state index contributed by atoms with van der Waals surface area (Å²) in [5.41, 5.74) is 2.14. The van der Waals surface area contributed by atoms with E-state index in [1.807, 2.05) is 12.1 Å². The molecular formula is C15H17ClN2O. The average Bonchev–Trinajstić information content (AvgIpc) is 2.39. The molecule has 0 atom stereocenters. The Kier molecular flexibility index (Phi) is 4.05. The Morgan fingerprint density at radius 3 is 2.16 bits per heavy atom. The second kappa shape index (κ2) is 5.57. The van der Waals surface area contributed by atoms with Crippen LogP contribution in [0.2, 0.25) is 0 Å². The first-order valence-electron chi connectivity index (χ1n) is 6.16. The predicted molar refractivity (Wildman–Crippen MR) is 76.8 cm³/mol. The first-order chi connectivity index (χ1) is 8.99.